The molecule has 1 aliphatic heterocycles. The molecule has 0 fully saturated rings. The SMILES string of the molecule is C=CCc1c2c(ccc1=CN)=NN=N2. The van der Waals surface area contributed by atoms with Gasteiger partial charge in [0.25, 0.3) is 0 Å². The molecule has 0 atom stereocenters. The number of nitrogens with zero attached hydrogens (tertiary/aromatic N) is 3. The predicted octanol–water partition coefficient (Wildman–Crippen LogP) is 0.744. The number of nitrogens with two attached hydrogens (primary N) is 1. The van der Waals surface area contributed by atoms with Gasteiger partial charge < -0.3 is 5.73 Å². The third kappa shape index (κ3) is 1.21. The van der Waals surface area contributed by atoms with Crippen molar-refractivity contribution >= 4 is 11.9 Å². The van der Waals surface area contributed by atoms with E-state index in [1.807, 2.05) is 18.2 Å². The van der Waals surface area contributed by atoms with Gasteiger partial charge in [-0.1, -0.05) is 12.1 Å². The standard InChI is InChI=1S/C10H10N4/c1-2-3-8-7(6-11)4-5-9-10(8)13-14-12-9/h2,4-6H,1,3,11H2. The summed E-state index contributed by atoms with van der Waals surface area (Å²) in [6.07, 6.45) is 4.10. The van der Waals surface area contributed by atoms with E-state index < -0.39 is 0 Å². The minimum Gasteiger partial charge on any atom is -0.404 e. The molecule has 0 saturated heterocycles. The molecule has 0 unspecified atom stereocenters. The van der Waals surface area contributed by atoms with Gasteiger partial charge in [-0.3, -0.25) is 0 Å². The second-order valence-corrected chi connectivity index (χ2v) is 2.95. The van der Waals surface area contributed by atoms with Crippen LogP contribution < -0.4 is 16.3 Å². The maximum Gasteiger partial charge on any atom is 0.119 e. The zero-order valence-electron chi connectivity index (χ0n) is 7.64. The summed E-state index contributed by atoms with van der Waals surface area (Å²) in [5.41, 5.74) is 7.35. The minimum absolute atomic E-state index is 0.723. The van der Waals surface area contributed by atoms with Crippen molar-refractivity contribution in [3.63, 3.8) is 0 Å². The Balaban J connectivity index is 2.76. The van der Waals surface area contributed by atoms with Crippen molar-refractivity contribution < 1.29 is 0 Å². The van der Waals surface area contributed by atoms with E-state index in [4.69, 9.17) is 5.73 Å². The van der Waals surface area contributed by atoms with E-state index in [1.54, 1.807) is 6.20 Å². The summed E-state index contributed by atoms with van der Waals surface area (Å²) in [6.45, 7) is 3.70. The summed E-state index contributed by atoms with van der Waals surface area (Å²) in [6, 6.07) is 3.78. The zero-order chi connectivity index (χ0) is 9.97. The molecule has 1 aromatic rings. The van der Waals surface area contributed by atoms with Gasteiger partial charge >= 0.3 is 0 Å². The Kier molecular flexibility index (Phi) is 2.10. The van der Waals surface area contributed by atoms with E-state index in [2.05, 4.69) is 22.0 Å². The molecule has 2 N–H and O–H groups in total. The third-order valence-electron chi connectivity index (χ3n) is 2.12. The Bertz CT molecular complexity index is 514. The van der Waals surface area contributed by atoms with Crippen LogP contribution in [0.3, 0.4) is 0 Å². The second-order valence-electron chi connectivity index (χ2n) is 2.95. The number of fused-ring (bicyclic) bond motifs is 1. The van der Waals surface area contributed by atoms with Crippen molar-refractivity contribution in [1.29, 1.82) is 0 Å². The second kappa shape index (κ2) is 3.41. The Morgan fingerprint density at radius 3 is 3.00 bits per heavy atom. The van der Waals surface area contributed by atoms with Gasteiger partial charge in [0.05, 0.1) is 0 Å². The number of hydrogen-bond acceptors (Lipinski definition) is 4. The van der Waals surface area contributed by atoms with E-state index in [0.29, 0.717) is 0 Å². The lowest BCUT2D eigenvalue weighted by Gasteiger charge is -2.00. The molecule has 4 heteroatoms. The van der Waals surface area contributed by atoms with Crippen LogP contribution in [0, 0.1) is 0 Å². The van der Waals surface area contributed by atoms with Crippen molar-refractivity contribution in [1.82, 2.24) is 0 Å². The van der Waals surface area contributed by atoms with Gasteiger partial charge in [-0.15, -0.1) is 16.8 Å². The van der Waals surface area contributed by atoms with Crippen LogP contribution in [-0.2, 0) is 6.42 Å². The van der Waals surface area contributed by atoms with Gasteiger partial charge in [0, 0.05) is 6.20 Å². The number of benzene rings is 1. The summed E-state index contributed by atoms with van der Waals surface area (Å²) in [5.74, 6) is 0. The first-order chi connectivity index (χ1) is 6.86. The molecule has 1 aromatic carbocycles. The number of hydrogen-bond donors (Lipinski definition) is 1. The van der Waals surface area contributed by atoms with Crippen LogP contribution in [0.5, 0.6) is 0 Å². The molecule has 14 heavy (non-hydrogen) atoms. The van der Waals surface area contributed by atoms with Gasteiger partial charge in [0.2, 0.25) is 0 Å². The van der Waals surface area contributed by atoms with Crippen molar-refractivity contribution in [2.45, 2.75) is 6.42 Å². The highest BCUT2D eigenvalue weighted by Crippen LogP contribution is 2.14. The molecule has 0 aromatic heterocycles. The molecule has 0 radical (unpaired) electrons. The number of rotatable bonds is 2. The molecule has 4 nitrogen and oxygen atoms in total. The van der Waals surface area contributed by atoms with E-state index >= 15 is 0 Å². The van der Waals surface area contributed by atoms with Crippen LogP contribution in [-0.4, -0.2) is 0 Å². The normalized spacial score (nSPS) is 13.9. The minimum atomic E-state index is 0.723. The van der Waals surface area contributed by atoms with Crippen LogP contribution >= 0.6 is 0 Å². The summed E-state index contributed by atoms with van der Waals surface area (Å²) in [5, 5.41) is 13.2. The Morgan fingerprint density at radius 2 is 2.29 bits per heavy atom. The topological polar surface area (TPSA) is 63.1 Å². The molecule has 1 aliphatic rings. The Hall–Kier alpha value is -1.97. The van der Waals surface area contributed by atoms with Crippen LogP contribution in [0.25, 0.3) is 6.20 Å². The Labute approximate surface area is 81.2 Å². The van der Waals surface area contributed by atoms with E-state index in [9.17, 15) is 0 Å². The van der Waals surface area contributed by atoms with Gasteiger partial charge in [0.15, 0.2) is 0 Å². The first-order valence-electron chi connectivity index (χ1n) is 4.30. The van der Waals surface area contributed by atoms with Gasteiger partial charge in [-0.05, 0) is 28.5 Å². The summed E-state index contributed by atoms with van der Waals surface area (Å²) >= 11 is 0. The van der Waals surface area contributed by atoms with Crippen LogP contribution in [0.4, 0.5) is 5.69 Å². The fraction of sp³-hybridized carbons (Fsp3) is 0.100. The predicted molar refractivity (Wildman–Crippen MR) is 54.3 cm³/mol. The van der Waals surface area contributed by atoms with Crippen molar-refractivity contribution in [2.24, 2.45) is 21.2 Å². The van der Waals surface area contributed by atoms with Crippen LogP contribution in [0.15, 0.2) is 40.2 Å². The molecule has 1 heterocycles. The van der Waals surface area contributed by atoms with Crippen molar-refractivity contribution in [2.75, 3.05) is 0 Å². The van der Waals surface area contributed by atoms with E-state index in [-0.39, 0.29) is 0 Å². The van der Waals surface area contributed by atoms with Crippen LogP contribution in [0.2, 0.25) is 0 Å². The lowest BCUT2D eigenvalue weighted by atomic mass is 10.1. The van der Waals surface area contributed by atoms with Crippen LogP contribution in [0.1, 0.15) is 5.56 Å². The third-order valence-corrected chi connectivity index (χ3v) is 2.12. The quantitative estimate of drug-likeness (QED) is 0.680. The highest BCUT2D eigenvalue weighted by Gasteiger charge is 2.08. The fourth-order valence-corrected chi connectivity index (χ4v) is 1.46. The summed E-state index contributed by atoms with van der Waals surface area (Å²) in [4.78, 5) is 0. The average molecular weight is 186 g/mol. The lowest BCUT2D eigenvalue weighted by molar-refractivity contribution is 1.08. The Morgan fingerprint density at radius 1 is 1.43 bits per heavy atom. The van der Waals surface area contributed by atoms with Crippen molar-refractivity contribution in [3.8, 4) is 0 Å². The monoisotopic (exact) mass is 186 g/mol. The molecular formula is C10H10N4. The maximum absolute atomic E-state index is 5.51. The molecule has 0 aliphatic carbocycles. The van der Waals surface area contributed by atoms with Crippen molar-refractivity contribution in [3.05, 3.63) is 40.9 Å². The zero-order valence-corrected chi connectivity index (χ0v) is 7.64. The number of allylic oxidation sites excluding steroid dienone is 1. The summed E-state index contributed by atoms with van der Waals surface area (Å²) in [7, 11) is 0. The van der Waals surface area contributed by atoms with Gasteiger partial charge in [-0.25, -0.2) is 0 Å². The fourth-order valence-electron chi connectivity index (χ4n) is 1.46. The average Bonchev–Trinajstić information content (AvgIpc) is 2.67. The molecule has 2 rings (SSSR count). The smallest absolute Gasteiger partial charge is 0.119 e. The van der Waals surface area contributed by atoms with Gasteiger partial charge in [0.1, 0.15) is 11.0 Å². The van der Waals surface area contributed by atoms with E-state index in [1.165, 1.54) is 0 Å². The first kappa shape index (κ1) is 8.62. The van der Waals surface area contributed by atoms with Gasteiger partial charge in [-0.2, -0.15) is 0 Å². The molecule has 0 amide bonds. The molecule has 0 bridgehead atoms. The lowest BCUT2D eigenvalue weighted by Crippen LogP contribution is -2.16. The molecule has 70 valence electrons. The molecule has 0 spiro atoms. The molecule has 0 saturated carbocycles. The maximum atomic E-state index is 5.51. The molecular weight excluding hydrogens is 176 g/mol. The summed E-state index contributed by atoms with van der Waals surface area (Å²) < 4.78 is 0. The first-order valence-corrected chi connectivity index (χ1v) is 4.30. The van der Waals surface area contributed by atoms with E-state index in [0.717, 1.165) is 28.2 Å². The largest absolute Gasteiger partial charge is 0.404 e. The highest BCUT2D eigenvalue weighted by atomic mass is 15.4. The highest BCUT2D eigenvalue weighted by molar-refractivity contribution is 5.49.